The van der Waals surface area contributed by atoms with Crippen molar-refractivity contribution < 1.29 is 0 Å². The van der Waals surface area contributed by atoms with Gasteiger partial charge in [-0.1, -0.05) is 22.9 Å². The van der Waals surface area contributed by atoms with Gasteiger partial charge >= 0.3 is 0 Å². The van der Waals surface area contributed by atoms with E-state index in [2.05, 4.69) is 57.4 Å². The summed E-state index contributed by atoms with van der Waals surface area (Å²) in [5.74, 6) is 0.945. The highest BCUT2D eigenvalue weighted by Crippen LogP contribution is 2.26. The summed E-state index contributed by atoms with van der Waals surface area (Å²) in [5, 5.41) is 4.60. The molecule has 0 atom stereocenters. The van der Waals surface area contributed by atoms with Crippen molar-refractivity contribution in [2.45, 2.75) is 30.5 Å². The predicted octanol–water partition coefficient (Wildman–Crippen LogP) is 4.70. The largest absolute Gasteiger partial charge is 0.312 e. The van der Waals surface area contributed by atoms with E-state index in [1.165, 1.54) is 21.2 Å². The van der Waals surface area contributed by atoms with Crippen molar-refractivity contribution in [1.29, 1.82) is 0 Å². The number of hydrogen-bond acceptors (Lipinski definition) is 4. The molecule has 0 saturated heterocycles. The minimum absolute atomic E-state index is 0.939. The van der Waals surface area contributed by atoms with Crippen LogP contribution in [0.15, 0.2) is 39.8 Å². The number of benzene rings is 1. The monoisotopic (exact) mass is 356 g/mol. The number of aromatic nitrogens is 1. The average molecular weight is 357 g/mol. The molecular formula is C14H17BrN2S2. The van der Waals surface area contributed by atoms with E-state index in [9.17, 15) is 0 Å². The van der Waals surface area contributed by atoms with Crippen LogP contribution in [0.1, 0.15) is 23.2 Å². The molecule has 19 heavy (non-hydrogen) atoms. The van der Waals surface area contributed by atoms with E-state index < -0.39 is 0 Å². The van der Waals surface area contributed by atoms with Gasteiger partial charge in [-0.25, -0.2) is 4.98 Å². The highest BCUT2D eigenvalue weighted by atomic mass is 79.9. The maximum atomic E-state index is 4.48. The summed E-state index contributed by atoms with van der Waals surface area (Å²) < 4.78 is 1.12. The first-order valence-electron chi connectivity index (χ1n) is 6.30. The fraction of sp³-hybridized carbons (Fsp3) is 0.357. The maximum absolute atomic E-state index is 4.48. The van der Waals surface area contributed by atoms with Crippen molar-refractivity contribution >= 4 is 39.0 Å². The Morgan fingerprint density at radius 2 is 2.11 bits per heavy atom. The Bertz CT molecular complexity index is 496. The lowest BCUT2D eigenvalue weighted by Gasteiger charge is -1.99. The van der Waals surface area contributed by atoms with Crippen LogP contribution in [0.25, 0.3) is 0 Å². The molecule has 0 unspecified atom stereocenters. The number of thiazole rings is 1. The van der Waals surface area contributed by atoms with Crippen LogP contribution in [0.2, 0.25) is 0 Å². The van der Waals surface area contributed by atoms with Crippen molar-refractivity contribution in [1.82, 2.24) is 10.3 Å². The van der Waals surface area contributed by atoms with E-state index in [4.69, 9.17) is 0 Å². The lowest BCUT2D eigenvalue weighted by Crippen LogP contribution is -2.12. The number of thioether (sulfide) groups is 1. The number of hydrogen-bond donors (Lipinski definition) is 1. The molecule has 2 rings (SSSR count). The van der Waals surface area contributed by atoms with Crippen LogP contribution in [-0.2, 0) is 12.3 Å². The minimum Gasteiger partial charge on any atom is -0.312 e. The Morgan fingerprint density at radius 3 is 2.84 bits per heavy atom. The fourth-order valence-corrected chi connectivity index (χ4v) is 3.62. The summed E-state index contributed by atoms with van der Waals surface area (Å²) in [6, 6.07) is 8.41. The Kier molecular flexibility index (Phi) is 6.37. The number of nitrogens with one attached hydrogen (secondary N) is 1. The molecule has 2 nitrogen and oxygen atoms in total. The summed E-state index contributed by atoms with van der Waals surface area (Å²) in [6.45, 7) is 4.19. The van der Waals surface area contributed by atoms with Crippen molar-refractivity contribution in [2.24, 2.45) is 0 Å². The van der Waals surface area contributed by atoms with Crippen molar-refractivity contribution in [3.8, 4) is 0 Å². The first-order valence-corrected chi connectivity index (χ1v) is 8.90. The van der Waals surface area contributed by atoms with Gasteiger partial charge in [0.05, 0.1) is 5.75 Å². The SMILES string of the molecule is CCCNCc1cnc(CSc2ccc(Br)cc2)s1. The lowest BCUT2D eigenvalue weighted by atomic mass is 10.4. The van der Waals surface area contributed by atoms with E-state index in [-0.39, 0.29) is 0 Å². The van der Waals surface area contributed by atoms with E-state index in [1.807, 2.05) is 18.0 Å². The molecule has 0 spiro atoms. The number of nitrogens with zero attached hydrogens (tertiary/aromatic N) is 1. The topological polar surface area (TPSA) is 24.9 Å². The Balaban J connectivity index is 1.81. The number of halogens is 1. The summed E-state index contributed by atoms with van der Waals surface area (Å²) in [4.78, 5) is 7.08. The molecule has 5 heteroatoms. The van der Waals surface area contributed by atoms with E-state index in [0.29, 0.717) is 0 Å². The van der Waals surface area contributed by atoms with Gasteiger partial charge in [0.2, 0.25) is 0 Å². The first kappa shape index (κ1) is 15.0. The van der Waals surface area contributed by atoms with Gasteiger partial charge in [-0.3, -0.25) is 0 Å². The highest BCUT2D eigenvalue weighted by Gasteiger charge is 2.03. The third-order valence-electron chi connectivity index (χ3n) is 2.50. The smallest absolute Gasteiger partial charge is 0.103 e. The molecule has 0 aliphatic heterocycles. The summed E-state index contributed by atoms with van der Waals surface area (Å²) in [5.41, 5.74) is 0. The summed E-state index contributed by atoms with van der Waals surface area (Å²) in [6.07, 6.45) is 3.16. The van der Waals surface area contributed by atoms with Gasteiger partial charge in [-0.05, 0) is 37.2 Å². The summed E-state index contributed by atoms with van der Waals surface area (Å²) in [7, 11) is 0. The maximum Gasteiger partial charge on any atom is 0.103 e. The highest BCUT2D eigenvalue weighted by molar-refractivity contribution is 9.10. The fourth-order valence-electron chi connectivity index (χ4n) is 1.56. The molecule has 0 saturated carbocycles. The molecule has 1 aromatic carbocycles. The molecular weight excluding hydrogens is 340 g/mol. The van der Waals surface area contributed by atoms with Gasteiger partial charge in [0, 0.05) is 27.0 Å². The van der Waals surface area contributed by atoms with Crippen LogP contribution in [0.4, 0.5) is 0 Å². The molecule has 0 fully saturated rings. The quantitative estimate of drug-likeness (QED) is 0.574. The molecule has 0 aliphatic rings. The summed E-state index contributed by atoms with van der Waals surface area (Å²) >= 11 is 7.08. The number of rotatable bonds is 7. The van der Waals surface area contributed by atoms with Gasteiger partial charge in [0.15, 0.2) is 0 Å². The Hall–Kier alpha value is -0.360. The van der Waals surface area contributed by atoms with Crippen LogP contribution in [0.5, 0.6) is 0 Å². The molecule has 2 aromatic rings. The second kappa shape index (κ2) is 8.04. The molecule has 102 valence electrons. The van der Waals surface area contributed by atoms with E-state index >= 15 is 0 Å². The minimum atomic E-state index is 0.939. The van der Waals surface area contributed by atoms with E-state index in [1.54, 1.807) is 11.3 Å². The third kappa shape index (κ3) is 5.26. The van der Waals surface area contributed by atoms with Crippen LogP contribution in [0, 0.1) is 0 Å². The molecule has 1 heterocycles. The van der Waals surface area contributed by atoms with Crippen LogP contribution < -0.4 is 5.32 Å². The average Bonchev–Trinajstić information content (AvgIpc) is 2.86. The zero-order chi connectivity index (χ0) is 13.5. The second-order valence-corrected chi connectivity index (χ2v) is 7.30. The van der Waals surface area contributed by atoms with Gasteiger partial charge < -0.3 is 5.32 Å². The van der Waals surface area contributed by atoms with Crippen LogP contribution in [-0.4, -0.2) is 11.5 Å². The van der Waals surface area contributed by atoms with Gasteiger partial charge in [-0.15, -0.1) is 23.1 Å². The molecule has 0 aliphatic carbocycles. The van der Waals surface area contributed by atoms with Gasteiger partial charge in [0.1, 0.15) is 5.01 Å². The molecule has 1 N–H and O–H groups in total. The van der Waals surface area contributed by atoms with Gasteiger partial charge in [0.25, 0.3) is 0 Å². The lowest BCUT2D eigenvalue weighted by molar-refractivity contribution is 0.681. The standard InChI is InChI=1S/C14H17BrN2S2/c1-2-7-16-8-13-9-17-14(19-13)10-18-12-5-3-11(15)4-6-12/h3-6,9,16H,2,7-8,10H2,1H3. The zero-order valence-corrected chi connectivity index (χ0v) is 14.1. The third-order valence-corrected chi connectivity index (χ3v) is 5.24. The van der Waals surface area contributed by atoms with Crippen molar-refractivity contribution in [2.75, 3.05) is 6.54 Å². The van der Waals surface area contributed by atoms with E-state index in [0.717, 1.165) is 23.3 Å². The Morgan fingerprint density at radius 1 is 1.32 bits per heavy atom. The Labute approximate surface area is 131 Å². The molecule has 0 bridgehead atoms. The predicted molar refractivity (Wildman–Crippen MR) is 87.8 cm³/mol. The van der Waals surface area contributed by atoms with Crippen molar-refractivity contribution in [3.05, 3.63) is 44.8 Å². The molecule has 1 aromatic heterocycles. The van der Waals surface area contributed by atoms with Crippen LogP contribution >= 0.6 is 39.0 Å². The first-order chi connectivity index (χ1) is 9.28. The second-order valence-electron chi connectivity index (χ2n) is 4.14. The molecule has 0 radical (unpaired) electrons. The van der Waals surface area contributed by atoms with Gasteiger partial charge in [-0.2, -0.15) is 0 Å². The van der Waals surface area contributed by atoms with Crippen LogP contribution in [0.3, 0.4) is 0 Å². The van der Waals surface area contributed by atoms with Crippen molar-refractivity contribution in [3.63, 3.8) is 0 Å². The molecule has 0 amide bonds. The normalized spacial score (nSPS) is 10.8. The zero-order valence-electron chi connectivity index (χ0n) is 10.9.